The Bertz CT molecular complexity index is 2810. The summed E-state index contributed by atoms with van der Waals surface area (Å²) >= 11 is 0. The third-order valence-corrected chi connectivity index (χ3v) is 14.5. The Labute approximate surface area is 310 Å². The fourth-order valence-corrected chi connectivity index (χ4v) is 11.5. The van der Waals surface area contributed by atoms with E-state index in [1.54, 1.807) is 0 Å². The highest BCUT2D eigenvalue weighted by Crippen LogP contribution is 2.44. The number of rotatable bonds is 5. The van der Waals surface area contributed by atoms with Crippen LogP contribution >= 0.6 is 0 Å². The monoisotopic (exact) mass is 693 g/mol. The van der Waals surface area contributed by atoms with Crippen LogP contribution in [0.1, 0.15) is 0 Å². The van der Waals surface area contributed by atoms with Crippen molar-refractivity contribution in [2.75, 3.05) is 0 Å². The number of nitrogens with zero attached hydrogens (tertiary/aromatic N) is 3. The van der Waals surface area contributed by atoms with Crippen molar-refractivity contribution in [2.24, 2.45) is 0 Å². The van der Waals surface area contributed by atoms with Gasteiger partial charge in [0, 0.05) is 16.7 Å². The molecule has 0 unspecified atom stereocenters. The Morgan fingerprint density at radius 3 is 1.45 bits per heavy atom. The zero-order chi connectivity index (χ0) is 35.5. The van der Waals surface area contributed by atoms with Crippen LogP contribution in [0.3, 0.4) is 0 Å². The second kappa shape index (κ2) is 12.3. The largest absolute Gasteiger partial charge is 0.208 e. The summed E-state index contributed by atoms with van der Waals surface area (Å²) in [6.07, 6.45) is 0. The van der Waals surface area contributed by atoms with Crippen LogP contribution in [0.4, 0.5) is 0 Å². The minimum atomic E-state index is -1.78. The van der Waals surface area contributed by atoms with Gasteiger partial charge in [-0.2, -0.15) is 0 Å². The summed E-state index contributed by atoms with van der Waals surface area (Å²) in [5.41, 5.74) is 10.3. The minimum Gasteiger partial charge on any atom is -0.208 e. The lowest BCUT2D eigenvalue weighted by atomic mass is 9.87. The van der Waals surface area contributed by atoms with Gasteiger partial charge in [-0.3, -0.25) is 0 Å². The minimum absolute atomic E-state index is 0.648. The molecule has 2 heterocycles. The predicted molar refractivity (Wildman–Crippen MR) is 224 cm³/mol. The van der Waals surface area contributed by atoms with Crippen molar-refractivity contribution in [2.45, 2.75) is 13.1 Å². The third kappa shape index (κ3) is 5.06. The van der Waals surface area contributed by atoms with Gasteiger partial charge in [0.05, 0.1) is 0 Å². The lowest BCUT2D eigenvalue weighted by Crippen LogP contribution is -2.49. The predicted octanol–water partition coefficient (Wildman–Crippen LogP) is 11.3. The Morgan fingerprint density at radius 2 is 0.792 bits per heavy atom. The number of aromatic nitrogens is 3. The number of fused-ring (bicyclic) bond motifs is 5. The van der Waals surface area contributed by atoms with Gasteiger partial charge >= 0.3 is 0 Å². The van der Waals surface area contributed by atoms with E-state index in [2.05, 4.69) is 165 Å². The molecular weight excluding hydrogens is 659 g/mol. The maximum Gasteiger partial charge on any atom is 0.165 e. The third-order valence-electron chi connectivity index (χ3n) is 10.9. The van der Waals surface area contributed by atoms with E-state index in [-0.39, 0.29) is 0 Å². The van der Waals surface area contributed by atoms with E-state index in [0.717, 1.165) is 38.6 Å². The normalized spacial score (nSPS) is 12.9. The number of hydrogen-bond acceptors (Lipinski definition) is 3. The molecule has 0 radical (unpaired) electrons. The van der Waals surface area contributed by atoms with Gasteiger partial charge in [-0.05, 0) is 71.4 Å². The number of benzene rings is 8. The van der Waals surface area contributed by atoms with Crippen molar-refractivity contribution in [1.82, 2.24) is 15.0 Å². The highest BCUT2D eigenvalue weighted by atomic mass is 28.3. The number of hydrogen-bond donors (Lipinski definition) is 0. The van der Waals surface area contributed by atoms with Crippen molar-refractivity contribution < 1.29 is 0 Å². The fraction of sp³-hybridized carbons (Fsp3) is 0.0408. The summed E-state index contributed by atoms with van der Waals surface area (Å²) in [4.78, 5) is 15.8. The SMILES string of the molecule is C[Si]1(C)c2ccccc2-c2cc(-c3c4ccccc4c(-c4nc(-c5ccccc5)nc(-c5ccccc5-c5ccccc5)n4)c4ccccc34)ccc21. The van der Waals surface area contributed by atoms with Gasteiger partial charge in [0.2, 0.25) is 0 Å². The topological polar surface area (TPSA) is 38.7 Å². The maximum atomic E-state index is 5.36. The molecule has 0 N–H and O–H groups in total. The Balaban J connectivity index is 1.25. The first-order valence-electron chi connectivity index (χ1n) is 18.2. The second-order valence-electron chi connectivity index (χ2n) is 14.4. The van der Waals surface area contributed by atoms with E-state index in [0.29, 0.717) is 17.5 Å². The van der Waals surface area contributed by atoms with Crippen LogP contribution < -0.4 is 10.4 Å². The van der Waals surface area contributed by atoms with Crippen molar-refractivity contribution in [3.63, 3.8) is 0 Å². The van der Waals surface area contributed by atoms with Crippen LogP contribution in [0.2, 0.25) is 13.1 Å². The van der Waals surface area contributed by atoms with E-state index in [9.17, 15) is 0 Å². The molecule has 1 aromatic heterocycles. The van der Waals surface area contributed by atoms with Crippen LogP contribution in [-0.4, -0.2) is 23.0 Å². The fourth-order valence-electron chi connectivity index (χ4n) is 8.43. The van der Waals surface area contributed by atoms with Gasteiger partial charge < -0.3 is 0 Å². The highest BCUT2D eigenvalue weighted by molar-refractivity contribution is 7.03. The van der Waals surface area contributed by atoms with Crippen LogP contribution in [-0.2, 0) is 0 Å². The molecule has 10 rings (SSSR count). The zero-order valence-corrected chi connectivity index (χ0v) is 30.6. The van der Waals surface area contributed by atoms with E-state index >= 15 is 0 Å². The van der Waals surface area contributed by atoms with Crippen LogP contribution in [0.25, 0.3) is 89.1 Å². The first-order valence-corrected chi connectivity index (χ1v) is 21.2. The lowest BCUT2D eigenvalue weighted by Gasteiger charge is -2.20. The van der Waals surface area contributed by atoms with Crippen molar-refractivity contribution in [3.8, 4) is 67.5 Å². The molecular formula is C49H35N3Si. The smallest absolute Gasteiger partial charge is 0.165 e. The first kappa shape index (κ1) is 31.3. The van der Waals surface area contributed by atoms with E-state index in [1.807, 2.05) is 24.3 Å². The van der Waals surface area contributed by atoms with Gasteiger partial charge in [0.15, 0.2) is 17.5 Å². The molecule has 53 heavy (non-hydrogen) atoms. The molecule has 0 fully saturated rings. The van der Waals surface area contributed by atoms with Crippen molar-refractivity contribution >= 4 is 40.0 Å². The van der Waals surface area contributed by atoms with Gasteiger partial charge in [-0.1, -0.05) is 183 Å². The van der Waals surface area contributed by atoms with Gasteiger partial charge in [0.1, 0.15) is 8.07 Å². The van der Waals surface area contributed by atoms with E-state index in [1.165, 1.54) is 43.4 Å². The summed E-state index contributed by atoms with van der Waals surface area (Å²) in [5, 5.41) is 7.61. The van der Waals surface area contributed by atoms with Gasteiger partial charge in [0.25, 0.3) is 0 Å². The molecule has 9 aromatic rings. The molecule has 250 valence electrons. The average Bonchev–Trinajstić information content (AvgIpc) is 3.45. The standard InChI is InChI=1S/C49H35N3Si/c1-53(2)43-28-16-15-22-36(43)42-31-34(29-30-44(42)53)45-37-23-10-12-25-39(37)46(40-26-13-11-24-38(40)45)49-51-47(33-19-7-4-8-20-33)50-48(52-49)41-27-14-9-21-35(41)32-17-5-3-6-18-32/h3-31H,1-2H3. The second-order valence-corrected chi connectivity index (χ2v) is 18.7. The molecule has 3 nitrogen and oxygen atoms in total. The maximum absolute atomic E-state index is 5.36. The first-order chi connectivity index (χ1) is 26.1. The zero-order valence-electron chi connectivity index (χ0n) is 29.6. The Morgan fingerprint density at radius 1 is 0.321 bits per heavy atom. The lowest BCUT2D eigenvalue weighted by molar-refractivity contribution is 1.08. The molecule has 8 aromatic carbocycles. The van der Waals surface area contributed by atoms with E-state index < -0.39 is 8.07 Å². The quantitative estimate of drug-likeness (QED) is 0.133. The van der Waals surface area contributed by atoms with Crippen LogP contribution in [0.5, 0.6) is 0 Å². The van der Waals surface area contributed by atoms with Gasteiger partial charge in [-0.25, -0.2) is 15.0 Å². The Hall–Kier alpha value is -6.49. The molecule has 0 aliphatic carbocycles. The van der Waals surface area contributed by atoms with Crippen LogP contribution in [0, 0.1) is 0 Å². The molecule has 0 bridgehead atoms. The van der Waals surface area contributed by atoms with Crippen molar-refractivity contribution in [3.05, 3.63) is 176 Å². The summed E-state index contributed by atoms with van der Waals surface area (Å²) in [6.45, 7) is 4.95. The highest BCUT2D eigenvalue weighted by Gasteiger charge is 2.37. The Kier molecular flexibility index (Phi) is 7.27. The molecule has 0 saturated carbocycles. The average molecular weight is 694 g/mol. The molecule has 1 aliphatic rings. The molecule has 0 amide bonds. The summed E-state index contributed by atoms with van der Waals surface area (Å²) in [5.74, 6) is 1.95. The molecule has 1 aliphatic heterocycles. The van der Waals surface area contributed by atoms with Crippen LogP contribution in [0.15, 0.2) is 176 Å². The van der Waals surface area contributed by atoms with Crippen molar-refractivity contribution in [1.29, 1.82) is 0 Å². The molecule has 0 saturated heterocycles. The van der Waals surface area contributed by atoms with E-state index in [4.69, 9.17) is 15.0 Å². The molecule has 0 atom stereocenters. The summed E-state index contributed by atoms with van der Waals surface area (Å²) in [6, 6.07) is 62.8. The molecule has 0 spiro atoms. The molecule has 4 heteroatoms. The summed E-state index contributed by atoms with van der Waals surface area (Å²) < 4.78 is 0. The summed E-state index contributed by atoms with van der Waals surface area (Å²) in [7, 11) is -1.78. The van der Waals surface area contributed by atoms with Gasteiger partial charge in [-0.15, -0.1) is 0 Å².